The van der Waals surface area contributed by atoms with Gasteiger partial charge in [0.15, 0.2) is 5.96 Å². The summed E-state index contributed by atoms with van der Waals surface area (Å²) in [4.78, 5) is 16.0. The maximum atomic E-state index is 13.3. The van der Waals surface area contributed by atoms with Gasteiger partial charge in [-0.3, -0.25) is 9.79 Å². The van der Waals surface area contributed by atoms with Gasteiger partial charge in [0.1, 0.15) is 18.2 Å². The van der Waals surface area contributed by atoms with E-state index < -0.39 is 0 Å². The maximum absolute atomic E-state index is 13.3. The van der Waals surface area contributed by atoms with Crippen LogP contribution in [0.2, 0.25) is 0 Å². The topological polar surface area (TPSA) is 74.8 Å². The summed E-state index contributed by atoms with van der Waals surface area (Å²) >= 11 is 0. The lowest BCUT2D eigenvalue weighted by Crippen LogP contribution is -2.37. The largest absolute Gasteiger partial charge is 0.489 e. The molecule has 0 fully saturated rings. The molecule has 3 N–H and O–H groups in total. The van der Waals surface area contributed by atoms with Crippen molar-refractivity contribution < 1.29 is 13.9 Å². The molecule has 0 unspecified atom stereocenters. The molecule has 0 aliphatic heterocycles. The number of aliphatic imine (C=N–C) groups is 1. The van der Waals surface area contributed by atoms with Crippen LogP contribution in [0.1, 0.15) is 27.0 Å². The highest BCUT2D eigenvalue weighted by Crippen LogP contribution is 2.15. The molecule has 0 atom stereocenters. The molecule has 180 valence electrons. The van der Waals surface area contributed by atoms with Crippen LogP contribution in [-0.2, 0) is 19.6 Å². The molecule has 0 heterocycles. The minimum Gasteiger partial charge on any atom is -0.489 e. The van der Waals surface area contributed by atoms with Crippen molar-refractivity contribution in [1.82, 2.24) is 16.0 Å². The lowest BCUT2D eigenvalue weighted by atomic mass is 10.1. The Hall–Kier alpha value is -3.14. The van der Waals surface area contributed by atoms with Crippen LogP contribution in [0.25, 0.3) is 0 Å². The molecule has 0 saturated heterocycles. The molecule has 0 aliphatic carbocycles. The van der Waals surface area contributed by atoms with E-state index in [-0.39, 0.29) is 35.7 Å². The average Bonchev–Trinajstić information content (AvgIpc) is 2.85. The van der Waals surface area contributed by atoms with Gasteiger partial charge in [0, 0.05) is 32.7 Å². The summed E-state index contributed by atoms with van der Waals surface area (Å²) in [6.45, 7) is 1.61. The summed E-state index contributed by atoms with van der Waals surface area (Å²) in [6.07, 6.45) is 0.767. The number of ether oxygens (including phenoxy) is 1. The summed E-state index contributed by atoms with van der Waals surface area (Å²) in [5.41, 5.74) is 3.60. The molecule has 8 heteroatoms. The molecule has 0 radical (unpaired) electrons. The highest BCUT2D eigenvalue weighted by Gasteiger charge is 2.05. The molecule has 6 nitrogen and oxygen atoms in total. The van der Waals surface area contributed by atoms with E-state index in [9.17, 15) is 9.18 Å². The smallest absolute Gasteiger partial charge is 0.251 e. The minimum absolute atomic E-state index is 0. The first-order valence-electron chi connectivity index (χ1n) is 10.8. The van der Waals surface area contributed by atoms with Gasteiger partial charge in [0.25, 0.3) is 5.91 Å². The molecular formula is C26H30FIN4O2. The Kier molecular flexibility index (Phi) is 11.3. The van der Waals surface area contributed by atoms with E-state index in [1.54, 1.807) is 26.2 Å². The van der Waals surface area contributed by atoms with Crippen molar-refractivity contribution in [3.63, 3.8) is 0 Å². The predicted octanol–water partition coefficient (Wildman–Crippen LogP) is 4.29. The van der Waals surface area contributed by atoms with Crippen LogP contribution < -0.4 is 20.7 Å². The summed E-state index contributed by atoms with van der Waals surface area (Å²) in [6, 6.07) is 21.7. The van der Waals surface area contributed by atoms with E-state index >= 15 is 0 Å². The first-order chi connectivity index (χ1) is 16.1. The number of guanidine groups is 1. The Bertz CT molecular complexity index is 1090. The molecule has 0 aromatic heterocycles. The third-order valence-electron chi connectivity index (χ3n) is 5.02. The zero-order chi connectivity index (χ0) is 23.5. The van der Waals surface area contributed by atoms with Crippen molar-refractivity contribution in [2.75, 3.05) is 20.6 Å². The van der Waals surface area contributed by atoms with Crippen LogP contribution in [0, 0.1) is 5.82 Å². The molecule has 34 heavy (non-hydrogen) atoms. The second-order valence-corrected chi connectivity index (χ2v) is 7.44. The van der Waals surface area contributed by atoms with Crippen molar-refractivity contribution in [2.24, 2.45) is 4.99 Å². The number of halogens is 2. The highest BCUT2D eigenvalue weighted by atomic mass is 127. The number of hydrogen-bond donors (Lipinski definition) is 3. The van der Waals surface area contributed by atoms with Crippen molar-refractivity contribution >= 4 is 35.8 Å². The molecule has 0 saturated carbocycles. The Balaban J connectivity index is 0.00000408. The fraction of sp³-hybridized carbons (Fsp3) is 0.231. The van der Waals surface area contributed by atoms with Gasteiger partial charge in [0.05, 0.1) is 0 Å². The minimum atomic E-state index is -0.267. The third kappa shape index (κ3) is 8.66. The van der Waals surface area contributed by atoms with Crippen LogP contribution in [-0.4, -0.2) is 32.5 Å². The Morgan fingerprint density at radius 1 is 0.941 bits per heavy atom. The zero-order valence-electron chi connectivity index (χ0n) is 19.3. The molecule has 0 aliphatic rings. The van der Waals surface area contributed by atoms with E-state index in [4.69, 9.17) is 4.74 Å². The Morgan fingerprint density at radius 3 is 2.38 bits per heavy atom. The van der Waals surface area contributed by atoms with Gasteiger partial charge in [-0.15, -0.1) is 24.0 Å². The normalized spacial score (nSPS) is 10.7. The van der Waals surface area contributed by atoms with Gasteiger partial charge < -0.3 is 20.7 Å². The number of benzene rings is 3. The van der Waals surface area contributed by atoms with Crippen molar-refractivity contribution in [1.29, 1.82) is 0 Å². The number of nitrogens with zero attached hydrogens (tertiary/aromatic N) is 1. The van der Waals surface area contributed by atoms with Crippen molar-refractivity contribution in [2.45, 2.75) is 19.6 Å². The first kappa shape index (κ1) is 27.1. The second kappa shape index (κ2) is 14.2. The summed E-state index contributed by atoms with van der Waals surface area (Å²) in [5.74, 6) is 1.07. The molecule has 1 amide bonds. The van der Waals surface area contributed by atoms with E-state index in [0.717, 1.165) is 28.9 Å². The highest BCUT2D eigenvalue weighted by molar-refractivity contribution is 14.0. The SMILES string of the molecule is CN=C(NCCc1cccc(C(=O)NC)c1)NCc1ccc(OCc2cccc(F)c2)cc1.I. The molecule has 3 aromatic carbocycles. The molecule has 3 rings (SSSR count). The lowest BCUT2D eigenvalue weighted by molar-refractivity contribution is 0.0963. The second-order valence-electron chi connectivity index (χ2n) is 7.44. The number of rotatable bonds is 9. The first-order valence-corrected chi connectivity index (χ1v) is 10.8. The quantitative estimate of drug-likeness (QED) is 0.202. The lowest BCUT2D eigenvalue weighted by Gasteiger charge is -2.13. The van der Waals surface area contributed by atoms with Gasteiger partial charge >= 0.3 is 0 Å². The fourth-order valence-electron chi connectivity index (χ4n) is 3.24. The molecular weight excluding hydrogens is 546 g/mol. The molecule has 3 aromatic rings. The Morgan fingerprint density at radius 2 is 1.68 bits per heavy atom. The van der Waals surface area contributed by atoms with Crippen LogP contribution in [0.15, 0.2) is 77.8 Å². The van der Waals surface area contributed by atoms with Crippen molar-refractivity contribution in [3.05, 3.63) is 101 Å². The van der Waals surface area contributed by atoms with E-state index in [0.29, 0.717) is 31.2 Å². The standard InChI is InChI=1S/C26H29FN4O2.HI/c1-28-25(32)22-7-3-5-19(15-22)13-14-30-26(29-2)31-17-20-9-11-24(12-10-20)33-18-21-6-4-8-23(27)16-21;/h3-12,15-16H,13-14,17-18H2,1-2H3,(H,28,32)(H2,29,30,31);1H. The average molecular weight is 576 g/mol. The summed E-state index contributed by atoms with van der Waals surface area (Å²) < 4.78 is 19.0. The van der Waals surface area contributed by atoms with Gasteiger partial charge in [-0.05, 0) is 59.5 Å². The Labute approximate surface area is 217 Å². The van der Waals surface area contributed by atoms with Gasteiger partial charge in [-0.2, -0.15) is 0 Å². The summed E-state index contributed by atoms with van der Waals surface area (Å²) in [7, 11) is 3.35. The van der Waals surface area contributed by atoms with Gasteiger partial charge in [-0.25, -0.2) is 4.39 Å². The maximum Gasteiger partial charge on any atom is 0.251 e. The number of nitrogens with one attached hydrogen (secondary N) is 3. The monoisotopic (exact) mass is 576 g/mol. The van der Waals surface area contributed by atoms with Crippen LogP contribution in [0.5, 0.6) is 5.75 Å². The predicted molar refractivity (Wildman–Crippen MR) is 144 cm³/mol. The number of carbonyl (C=O) groups excluding carboxylic acids is 1. The fourth-order valence-corrected chi connectivity index (χ4v) is 3.24. The van der Waals surface area contributed by atoms with Crippen LogP contribution in [0.3, 0.4) is 0 Å². The summed E-state index contributed by atoms with van der Waals surface area (Å²) in [5, 5.41) is 9.21. The van der Waals surface area contributed by atoms with E-state index in [2.05, 4.69) is 20.9 Å². The van der Waals surface area contributed by atoms with E-state index in [1.807, 2.05) is 48.5 Å². The third-order valence-corrected chi connectivity index (χ3v) is 5.02. The zero-order valence-corrected chi connectivity index (χ0v) is 21.6. The number of amides is 1. The molecule has 0 bridgehead atoms. The van der Waals surface area contributed by atoms with Gasteiger partial charge in [0.2, 0.25) is 0 Å². The number of hydrogen-bond acceptors (Lipinski definition) is 3. The number of carbonyl (C=O) groups is 1. The van der Waals surface area contributed by atoms with E-state index in [1.165, 1.54) is 12.1 Å². The van der Waals surface area contributed by atoms with Crippen LogP contribution in [0.4, 0.5) is 4.39 Å². The van der Waals surface area contributed by atoms with Crippen molar-refractivity contribution in [3.8, 4) is 5.75 Å². The van der Waals surface area contributed by atoms with Crippen LogP contribution >= 0.6 is 24.0 Å². The van der Waals surface area contributed by atoms with Gasteiger partial charge in [-0.1, -0.05) is 36.4 Å². The molecule has 0 spiro atoms.